The lowest BCUT2D eigenvalue weighted by atomic mass is 9.98. The van der Waals surface area contributed by atoms with Gasteiger partial charge in [0.05, 0.1) is 7.11 Å². The molecule has 0 aromatic heterocycles. The molecule has 2 aromatic carbocycles. The normalized spacial score (nSPS) is 12.3. The summed E-state index contributed by atoms with van der Waals surface area (Å²) in [7, 11) is 1.55. The monoisotopic (exact) mass is 278 g/mol. The lowest BCUT2D eigenvalue weighted by Gasteiger charge is -2.15. The fourth-order valence-corrected chi connectivity index (χ4v) is 2.12. The number of methoxy groups -OCH3 is 1. The van der Waals surface area contributed by atoms with Gasteiger partial charge in [-0.05, 0) is 42.7 Å². The smallest absolute Gasteiger partial charge is 0.165 e. The van der Waals surface area contributed by atoms with Gasteiger partial charge in [-0.3, -0.25) is 0 Å². The van der Waals surface area contributed by atoms with Gasteiger partial charge in [0.2, 0.25) is 0 Å². The second-order valence-corrected chi connectivity index (χ2v) is 4.73. The van der Waals surface area contributed by atoms with Crippen LogP contribution in [0.1, 0.15) is 28.4 Å². The van der Waals surface area contributed by atoms with Crippen molar-refractivity contribution in [3.8, 4) is 5.75 Å². The third-order valence-corrected chi connectivity index (χ3v) is 3.33. The Balaban J connectivity index is 2.44. The molecule has 1 N–H and O–H groups in total. The van der Waals surface area contributed by atoms with E-state index < -0.39 is 17.7 Å². The van der Waals surface area contributed by atoms with Gasteiger partial charge >= 0.3 is 0 Å². The fraction of sp³-hybridized carbons (Fsp3) is 0.250. The van der Waals surface area contributed by atoms with E-state index in [1.807, 2.05) is 6.92 Å². The van der Waals surface area contributed by atoms with Gasteiger partial charge in [0.25, 0.3) is 0 Å². The highest BCUT2D eigenvalue weighted by Gasteiger charge is 2.19. The number of aryl methyl sites for hydroxylation is 2. The number of benzene rings is 2. The molecule has 0 radical (unpaired) electrons. The molecule has 2 aromatic rings. The van der Waals surface area contributed by atoms with Crippen molar-refractivity contribution >= 4 is 0 Å². The van der Waals surface area contributed by atoms with Crippen molar-refractivity contribution in [3.63, 3.8) is 0 Å². The zero-order chi connectivity index (χ0) is 14.9. The molecule has 2 rings (SSSR count). The van der Waals surface area contributed by atoms with Crippen LogP contribution in [0.25, 0.3) is 0 Å². The van der Waals surface area contributed by atoms with Gasteiger partial charge in [-0.25, -0.2) is 8.78 Å². The van der Waals surface area contributed by atoms with Gasteiger partial charge < -0.3 is 9.84 Å². The maximum Gasteiger partial charge on any atom is 0.165 e. The number of rotatable bonds is 3. The number of hydrogen-bond acceptors (Lipinski definition) is 2. The average molecular weight is 278 g/mol. The second kappa shape index (κ2) is 5.59. The van der Waals surface area contributed by atoms with Crippen LogP contribution >= 0.6 is 0 Å². The summed E-state index contributed by atoms with van der Waals surface area (Å²) >= 11 is 0. The summed E-state index contributed by atoms with van der Waals surface area (Å²) in [6.07, 6.45) is -1.21. The van der Waals surface area contributed by atoms with Gasteiger partial charge in [0, 0.05) is 5.56 Å². The molecule has 0 saturated carbocycles. The van der Waals surface area contributed by atoms with Crippen molar-refractivity contribution < 1.29 is 18.6 Å². The molecule has 1 unspecified atom stereocenters. The molecule has 0 heterocycles. The van der Waals surface area contributed by atoms with Crippen molar-refractivity contribution in [1.29, 1.82) is 0 Å². The van der Waals surface area contributed by atoms with E-state index in [0.717, 1.165) is 5.56 Å². The van der Waals surface area contributed by atoms with Crippen molar-refractivity contribution in [2.75, 3.05) is 7.11 Å². The van der Waals surface area contributed by atoms with E-state index in [0.29, 0.717) is 11.3 Å². The molecule has 0 saturated heterocycles. The first kappa shape index (κ1) is 14.5. The predicted molar refractivity (Wildman–Crippen MR) is 72.9 cm³/mol. The molecule has 0 bridgehead atoms. The van der Waals surface area contributed by atoms with Gasteiger partial charge in [-0.15, -0.1) is 0 Å². The highest BCUT2D eigenvalue weighted by atomic mass is 19.2. The maximum atomic E-state index is 13.9. The minimum Gasteiger partial charge on any atom is -0.496 e. The average Bonchev–Trinajstić information content (AvgIpc) is 2.44. The molecule has 0 fully saturated rings. The molecule has 2 nitrogen and oxygen atoms in total. The van der Waals surface area contributed by atoms with Crippen LogP contribution in [0.5, 0.6) is 5.75 Å². The minimum absolute atomic E-state index is 0.0716. The largest absolute Gasteiger partial charge is 0.496 e. The minimum atomic E-state index is -1.21. The highest BCUT2D eigenvalue weighted by molar-refractivity contribution is 5.40. The van der Waals surface area contributed by atoms with Gasteiger partial charge in [0.15, 0.2) is 11.6 Å². The van der Waals surface area contributed by atoms with E-state index in [-0.39, 0.29) is 11.1 Å². The third-order valence-electron chi connectivity index (χ3n) is 3.33. The summed E-state index contributed by atoms with van der Waals surface area (Å²) in [5.74, 6) is -1.26. The Hall–Kier alpha value is -1.94. The molecular formula is C16H16F2O2. The lowest BCUT2D eigenvalue weighted by Crippen LogP contribution is -2.06. The Morgan fingerprint density at radius 1 is 1.00 bits per heavy atom. The zero-order valence-corrected chi connectivity index (χ0v) is 11.6. The Bertz CT molecular complexity index is 639. The van der Waals surface area contributed by atoms with E-state index in [1.165, 1.54) is 19.1 Å². The molecule has 106 valence electrons. The topological polar surface area (TPSA) is 29.5 Å². The molecule has 0 spiro atoms. The number of aliphatic hydroxyl groups is 1. The van der Waals surface area contributed by atoms with Gasteiger partial charge in [0.1, 0.15) is 11.9 Å². The molecular weight excluding hydrogens is 262 g/mol. The van der Waals surface area contributed by atoms with Crippen LogP contribution in [-0.2, 0) is 0 Å². The van der Waals surface area contributed by atoms with E-state index >= 15 is 0 Å². The third kappa shape index (κ3) is 2.51. The predicted octanol–water partition coefficient (Wildman–Crippen LogP) is 3.67. The molecule has 4 heteroatoms. The van der Waals surface area contributed by atoms with E-state index in [1.54, 1.807) is 25.3 Å². The summed E-state index contributed by atoms with van der Waals surface area (Å²) in [4.78, 5) is 0. The Kier molecular flexibility index (Phi) is 4.04. The molecule has 0 amide bonds. The van der Waals surface area contributed by atoms with Gasteiger partial charge in [-0.1, -0.05) is 18.2 Å². The van der Waals surface area contributed by atoms with Crippen LogP contribution in [0.4, 0.5) is 8.78 Å². The first-order chi connectivity index (χ1) is 9.45. The fourth-order valence-electron chi connectivity index (χ4n) is 2.12. The van der Waals surface area contributed by atoms with E-state index in [9.17, 15) is 13.9 Å². The second-order valence-electron chi connectivity index (χ2n) is 4.73. The van der Waals surface area contributed by atoms with Crippen molar-refractivity contribution in [2.45, 2.75) is 20.0 Å². The van der Waals surface area contributed by atoms with Crippen molar-refractivity contribution in [1.82, 2.24) is 0 Å². The van der Waals surface area contributed by atoms with E-state index in [2.05, 4.69) is 0 Å². The number of halogens is 2. The molecule has 0 aliphatic rings. The molecule has 0 aliphatic heterocycles. The standard InChI is InChI=1S/C16H16F2O2/c1-9-4-6-12(15(18)14(9)17)16(19)11-5-7-13(20-3)10(2)8-11/h4-8,16,19H,1-3H3. The van der Waals surface area contributed by atoms with Crippen LogP contribution in [0, 0.1) is 25.5 Å². The Morgan fingerprint density at radius 3 is 2.30 bits per heavy atom. The first-order valence-corrected chi connectivity index (χ1v) is 6.22. The Morgan fingerprint density at radius 2 is 1.70 bits per heavy atom. The maximum absolute atomic E-state index is 13.9. The van der Waals surface area contributed by atoms with Crippen LogP contribution in [0.2, 0.25) is 0 Å². The number of aliphatic hydroxyl groups excluding tert-OH is 1. The zero-order valence-electron chi connectivity index (χ0n) is 11.6. The summed E-state index contributed by atoms with van der Waals surface area (Å²) in [6, 6.07) is 7.87. The van der Waals surface area contributed by atoms with Crippen LogP contribution in [0.15, 0.2) is 30.3 Å². The molecule has 20 heavy (non-hydrogen) atoms. The van der Waals surface area contributed by atoms with Crippen molar-refractivity contribution in [3.05, 3.63) is 64.2 Å². The molecule has 0 aliphatic carbocycles. The highest BCUT2D eigenvalue weighted by Crippen LogP contribution is 2.29. The summed E-state index contributed by atoms with van der Waals surface area (Å²) < 4.78 is 32.6. The van der Waals surface area contributed by atoms with E-state index in [4.69, 9.17) is 4.74 Å². The first-order valence-electron chi connectivity index (χ1n) is 6.22. The van der Waals surface area contributed by atoms with Crippen LogP contribution in [0.3, 0.4) is 0 Å². The lowest BCUT2D eigenvalue weighted by molar-refractivity contribution is 0.213. The van der Waals surface area contributed by atoms with Gasteiger partial charge in [-0.2, -0.15) is 0 Å². The number of hydrogen-bond donors (Lipinski definition) is 1. The summed E-state index contributed by atoms with van der Waals surface area (Å²) in [6.45, 7) is 3.30. The molecule has 1 atom stereocenters. The Labute approximate surface area is 116 Å². The van der Waals surface area contributed by atoms with Crippen LogP contribution in [-0.4, -0.2) is 12.2 Å². The SMILES string of the molecule is COc1ccc(C(O)c2ccc(C)c(F)c2F)cc1C. The van der Waals surface area contributed by atoms with Crippen LogP contribution < -0.4 is 4.74 Å². The summed E-state index contributed by atoms with van der Waals surface area (Å²) in [5, 5.41) is 10.2. The number of ether oxygens (including phenoxy) is 1. The summed E-state index contributed by atoms with van der Waals surface area (Å²) in [5.41, 5.74) is 1.45. The van der Waals surface area contributed by atoms with Crippen molar-refractivity contribution in [2.24, 2.45) is 0 Å². The quantitative estimate of drug-likeness (QED) is 0.928.